The number of hydrogen-bond donors (Lipinski definition) is 0. The molecule has 7 heteroatoms. The zero-order valence-corrected chi connectivity index (χ0v) is 18.5. The molecule has 0 spiro atoms. The molecule has 0 radical (unpaired) electrons. The minimum atomic E-state index is -0.185. The number of thioether (sulfide) groups is 1. The molecule has 2 aromatic carbocycles. The molecule has 1 aliphatic rings. The second-order valence-electron chi connectivity index (χ2n) is 7.87. The number of pyridine rings is 1. The molecule has 0 saturated carbocycles. The van der Waals surface area contributed by atoms with Crippen LogP contribution >= 0.6 is 11.8 Å². The van der Waals surface area contributed by atoms with E-state index in [0.717, 1.165) is 12.0 Å². The fourth-order valence-corrected chi connectivity index (χ4v) is 4.88. The van der Waals surface area contributed by atoms with Gasteiger partial charge < -0.3 is 4.90 Å². The lowest BCUT2D eigenvalue weighted by Gasteiger charge is -2.28. The highest BCUT2D eigenvalue weighted by Crippen LogP contribution is 2.23. The minimum absolute atomic E-state index is 0.0377. The topological polar surface area (TPSA) is 68.1 Å². The largest absolute Gasteiger partial charge is 0.337 e. The van der Waals surface area contributed by atoms with Crippen molar-refractivity contribution in [3.63, 3.8) is 0 Å². The molecule has 160 valence electrons. The predicted molar refractivity (Wildman–Crippen MR) is 126 cm³/mol. The van der Waals surface area contributed by atoms with Gasteiger partial charge >= 0.3 is 0 Å². The van der Waals surface area contributed by atoms with Crippen molar-refractivity contribution in [1.82, 2.24) is 19.4 Å². The van der Waals surface area contributed by atoms with Crippen LogP contribution in [0.5, 0.6) is 0 Å². The number of para-hydroxylation sites is 1. The van der Waals surface area contributed by atoms with Gasteiger partial charge in [-0.25, -0.2) is 14.5 Å². The van der Waals surface area contributed by atoms with Crippen molar-refractivity contribution in [3.05, 3.63) is 93.9 Å². The lowest BCUT2D eigenvalue weighted by molar-refractivity contribution is -0.129. The summed E-state index contributed by atoms with van der Waals surface area (Å²) >= 11 is 1.28. The third kappa shape index (κ3) is 3.91. The van der Waals surface area contributed by atoms with Crippen LogP contribution in [0.4, 0.5) is 0 Å². The molecule has 1 aliphatic heterocycles. The summed E-state index contributed by atoms with van der Waals surface area (Å²) in [6.07, 6.45) is 2.54. The van der Waals surface area contributed by atoms with E-state index in [-0.39, 0.29) is 17.2 Å². The Kier molecular flexibility index (Phi) is 5.49. The quantitative estimate of drug-likeness (QED) is 0.356. The summed E-state index contributed by atoms with van der Waals surface area (Å²) in [7, 11) is 0. The first kappa shape index (κ1) is 20.5. The van der Waals surface area contributed by atoms with Crippen LogP contribution in [0.25, 0.3) is 16.7 Å². The van der Waals surface area contributed by atoms with Crippen LogP contribution in [0.3, 0.4) is 0 Å². The first-order chi connectivity index (χ1) is 15.6. The smallest absolute Gasteiger partial charge is 0.267 e. The third-order valence-corrected chi connectivity index (χ3v) is 6.61. The fraction of sp³-hybridized carbons (Fsp3) is 0.200. The molecular formula is C25H22N4O2S. The molecule has 0 unspecified atom stereocenters. The van der Waals surface area contributed by atoms with E-state index in [4.69, 9.17) is 4.98 Å². The maximum Gasteiger partial charge on any atom is 0.267 e. The number of aromatic nitrogens is 3. The highest BCUT2D eigenvalue weighted by molar-refractivity contribution is 7.99. The lowest BCUT2D eigenvalue weighted by atomic mass is 10.00. The number of fused-ring (bicyclic) bond motifs is 2. The Morgan fingerprint density at radius 2 is 1.84 bits per heavy atom. The van der Waals surface area contributed by atoms with Crippen LogP contribution in [0.15, 0.2) is 76.8 Å². The molecular weight excluding hydrogens is 420 g/mol. The normalized spacial score (nSPS) is 13.2. The van der Waals surface area contributed by atoms with Crippen LogP contribution in [-0.4, -0.2) is 37.6 Å². The predicted octanol–water partition coefficient (Wildman–Crippen LogP) is 3.77. The monoisotopic (exact) mass is 442 g/mol. The Labute approximate surface area is 189 Å². The zero-order chi connectivity index (χ0) is 22.1. The van der Waals surface area contributed by atoms with E-state index in [2.05, 4.69) is 17.1 Å². The van der Waals surface area contributed by atoms with E-state index in [1.165, 1.54) is 27.5 Å². The highest BCUT2D eigenvalue weighted by Gasteiger charge is 2.22. The molecule has 0 atom stereocenters. The van der Waals surface area contributed by atoms with Gasteiger partial charge in [0, 0.05) is 19.3 Å². The van der Waals surface area contributed by atoms with E-state index >= 15 is 0 Å². The fourth-order valence-electron chi connectivity index (χ4n) is 3.98. The number of nitrogens with zero attached hydrogens (tertiary/aromatic N) is 4. The molecule has 0 fully saturated rings. The minimum Gasteiger partial charge on any atom is -0.337 e. The van der Waals surface area contributed by atoms with E-state index in [0.29, 0.717) is 35.0 Å². The summed E-state index contributed by atoms with van der Waals surface area (Å²) in [6, 6.07) is 19.2. The van der Waals surface area contributed by atoms with Crippen LogP contribution < -0.4 is 5.56 Å². The van der Waals surface area contributed by atoms with E-state index in [9.17, 15) is 9.59 Å². The first-order valence-electron chi connectivity index (χ1n) is 10.5. The van der Waals surface area contributed by atoms with Crippen molar-refractivity contribution >= 4 is 28.6 Å². The third-order valence-electron chi connectivity index (χ3n) is 5.68. The molecule has 32 heavy (non-hydrogen) atoms. The van der Waals surface area contributed by atoms with Crippen LogP contribution in [0, 0.1) is 6.92 Å². The number of rotatable bonds is 4. The Hall–Kier alpha value is -3.45. The van der Waals surface area contributed by atoms with Gasteiger partial charge in [-0.05, 0) is 54.3 Å². The first-order valence-corrected chi connectivity index (χ1v) is 11.5. The number of amides is 1. The maximum atomic E-state index is 13.3. The second-order valence-corrected chi connectivity index (χ2v) is 8.81. The van der Waals surface area contributed by atoms with Gasteiger partial charge in [0.05, 0.1) is 16.7 Å². The summed E-state index contributed by atoms with van der Waals surface area (Å²) in [6.45, 7) is 3.27. The van der Waals surface area contributed by atoms with Crippen molar-refractivity contribution in [1.29, 1.82) is 0 Å². The Morgan fingerprint density at radius 1 is 1.06 bits per heavy atom. The highest BCUT2D eigenvalue weighted by atomic mass is 32.2. The molecule has 2 aromatic heterocycles. The number of carbonyl (C=O) groups is 1. The van der Waals surface area contributed by atoms with Gasteiger partial charge in [0.1, 0.15) is 5.82 Å². The van der Waals surface area contributed by atoms with Crippen molar-refractivity contribution in [2.45, 2.75) is 25.0 Å². The van der Waals surface area contributed by atoms with Gasteiger partial charge in [-0.2, -0.15) is 0 Å². The number of benzene rings is 2. The molecule has 6 nitrogen and oxygen atoms in total. The Bertz CT molecular complexity index is 1380. The average molecular weight is 443 g/mol. The number of carbonyl (C=O) groups excluding carboxylic acids is 1. The molecule has 0 aliphatic carbocycles. The van der Waals surface area contributed by atoms with Gasteiger partial charge in [0.15, 0.2) is 5.16 Å². The van der Waals surface area contributed by atoms with E-state index in [1.54, 1.807) is 12.3 Å². The van der Waals surface area contributed by atoms with Crippen LogP contribution in [0.2, 0.25) is 0 Å². The SMILES string of the molecule is Cc1ccnc(-n2c(SCC(=O)N3CCc4ccccc4C3)nc3ccccc3c2=O)c1. The summed E-state index contributed by atoms with van der Waals surface area (Å²) < 4.78 is 1.51. The van der Waals surface area contributed by atoms with Crippen LogP contribution in [-0.2, 0) is 17.8 Å². The van der Waals surface area contributed by atoms with Gasteiger partial charge in [0.25, 0.3) is 5.56 Å². The summed E-state index contributed by atoms with van der Waals surface area (Å²) in [5.74, 6) is 0.754. The van der Waals surface area contributed by atoms with Gasteiger partial charge in [-0.1, -0.05) is 48.2 Å². The maximum absolute atomic E-state index is 13.3. The van der Waals surface area contributed by atoms with E-state index in [1.807, 2.05) is 54.3 Å². The van der Waals surface area contributed by atoms with Crippen molar-refractivity contribution in [2.75, 3.05) is 12.3 Å². The van der Waals surface area contributed by atoms with Crippen molar-refractivity contribution < 1.29 is 4.79 Å². The molecule has 1 amide bonds. The van der Waals surface area contributed by atoms with Gasteiger partial charge in [-0.15, -0.1) is 0 Å². The molecule has 3 heterocycles. The molecule has 0 N–H and O–H groups in total. The molecule has 4 aromatic rings. The number of aryl methyl sites for hydroxylation is 1. The van der Waals surface area contributed by atoms with E-state index < -0.39 is 0 Å². The summed E-state index contributed by atoms with van der Waals surface area (Å²) in [5.41, 5.74) is 3.93. The summed E-state index contributed by atoms with van der Waals surface area (Å²) in [4.78, 5) is 37.3. The summed E-state index contributed by atoms with van der Waals surface area (Å²) in [5, 5.41) is 0.997. The van der Waals surface area contributed by atoms with Crippen molar-refractivity contribution in [2.24, 2.45) is 0 Å². The molecule has 0 bridgehead atoms. The second kappa shape index (κ2) is 8.59. The number of hydrogen-bond acceptors (Lipinski definition) is 5. The lowest BCUT2D eigenvalue weighted by Crippen LogP contribution is -2.37. The zero-order valence-electron chi connectivity index (χ0n) is 17.7. The Balaban J connectivity index is 1.45. The van der Waals surface area contributed by atoms with Crippen LogP contribution in [0.1, 0.15) is 16.7 Å². The Morgan fingerprint density at radius 3 is 2.69 bits per heavy atom. The van der Waals surface area contributed by atoms with Gasteiger partial charge in [-0.3, -0.25) is 9.59 Å². The molecule has 5 rings (SSSR count). The average Bonchev–Trinajstić information content (AvgIpc) is 2.82. The molecule has 0 saturated heterocycles. The van der Waals surface area contributed by atoms with Crippen molar-refractivity contribution in [3.8, 4) is 5.82 Å². The standard InChI is InChI=1S/C25H22N4O2S/c1-17-10-12-26-22(14-17)29-24(31)20-8-4-5-9-21(20)27-25(29)32-16-23(30)28-13-11-18-6-2-3-7-19(18)15-28/h2-10,12,14H,11,13,15-16H2,1H3. The van der Waals surface area contributed by atoms with Gasteiger partial charge in [0.2, 0.25) is 5.91 Å².